The van der Waals surface area contributed by atoms with Gasteiger partial charge in [-0.25, -0.2) is 20.1 Å². The Bertz CT molecular complexity index is 2540. The molecule has 0 saturated heterocycles. The highest BCUT2D eigenvalue weighted by Crippen LogP contribution is 2.81. The van der Waals surface area contributed by atoms with Gasteiger partial charge in [-0.3, -0.25) is 0 Å². The molecule has 0 amide bonds. The highest BCUT2D eigenvalue weighted by molar-refractivity contribution is 8.48. The van der Waals surface area contributed by atoms with Gasteiger partial charge < -0.3 is 9.80 Å². The number of para-hydroxylation sites is 2. The van der Waals surface area contributed by atoms with Crippen LogP contribution in [0.25, 0.3) is 28.0 Å². The Morgan fingerprint density at radius 3 is 2.00 bits per heavy atom. The fourth-order valence-electron chi connectivity index (χ4n) is 10.2. The molecule has 312 valence electrons. The zero-order valence-electron chi connectivity index (χ0n) is 38.0. The quantitative estimate of drug-likeness (QED) is 0.129. The van der Waals surface area contributed by atoms with Crippen LogP contribution in [0, 0.1) is 5.92 Å². The Labute approximate surface area is 365 Å². The van der Waals surface area contributed by atoms with Crippen molar-refractivity contribution in [3.05, 3.63) is 185 Å². The summed E-state index contributed by atoms with van der Waals surface area (Å²) in [7, 11) is -2.56. The van der Waals surface area contributed by atoms with Gasteiger partial charge in [0.15, 0.2) is 0 Å². The Morgan fingerprint density at radius 1 is 0.733 bits per heavy atom. The predicted molar refractivity (Wildman–Crippen MR) is 275 cm³/mol. The van der Waals surface area contributed by atoms with Crippen LogP contribution >= 0.6 is 20.1 Å². The van der Waals surface area contributed by atoms with Gasteiger partial charge in [-0.2, -0.15) is 0 Å². The van der Waals surface area contributed by atoms with Crippen molar-refractivity contribution in [1.82, 2.24) is 0 Å². The van der Waals surface area contributed by atoms with Gasteiger partial charge in [-0.05, 0) is 181 Å². The van der Waals surface area contributed by atoms with Crippen LogP contribution in [0.2, 0.25) is 0 Å². The number of benzene rings is 5. The number of fused-ring (bicyclic) bond motifs is 8. The zero-order chi connectivity index (χ0) is 43.0. The van der Waals surface area contributed by atoms with E-state index in [4.69, 9.17) is 0 Å². The molecule has 0 saturated carbocycles. The molecular weight excluding hydrogens is 765 g/mol. The maximum atomic E-state index is 3.91. The van der Waals surface area contributed by atoms with Gasteiger partial charge in [-0.1, -0.05) is 118 Å². The molecule has 8 rings (SSSR count). The number of nitrogens with zero attached hydrogens (tertiary/aromatic N) is 2. The van der Waals surface area contributed by atoms with E-state index in [1.54, 1.807) is 5.56 Å². The molecule has 0 heterocycles. The van der Waals surface area contributed by atoms with Gasteiger partial charge in [-0.15, -0.1) is 0 Å². The summed E-state index contributed by atoms with van der Waals surface area (Å²) in [5.41, 5.74) is 17.5. The molecule has 60 heavy (non-hydrogen) atoms. The van der Waals surface area contributed by atoms with Crippen molar-refractivity contribution in [3.63, 3.8) is 0 Å². The number of allylic oxidation sites excluding steroid dienone is 9. The third-order valence-electron chi connectivity index (χ3n) is 12.3. The van der Waals surface area contributed by atoms with Crippen molar-refractivity contribution in [1.29, 1.82) is 0 Å². The first-order valence-electron chi connectivity index (χ1n) is 21.6. The highest BCUT2D eigenvalue weighted by atomic mass is 32.3. The van der Waals surface area contributed by atoms with Gasteiger partial charge >= 0.3 is 0 Å². The lowest BCUT2D eigenvalue weighted by atomic mass is 9.81. The molecule has 5 aromatic rings. The molecule has 0 aliphatic heterocycles. The number of hydrogen-bond acceptors (Lipinski definition) is 2. The third kappa shape index (κ3) is 7.34. The molecule has 0 spiro atoms. The molecular formula is C56H66N2S2. The van der Waals surface area contributed by atoms with Crippen LogP contribution in [0.1, 0.15) is 69.7 Å². The second-order valence-corrected chi connectivity index (χ2v) is 26.6. The molecule has 0 bridgehead atoms. The first-order chi connectivity index (χ1) is 28.8. The average molecular weight is 831 g/mol. The van der Waals surface area contributed by atoms with Gasteiger partial charge in [0.25, 0.3) is 0 Å². The van der Waals surface area contributed by atoms with E-state index in [2.05, 4.69) is 208 Å². The van der Waals surface area contributed by atoms with Crippen molar-refractivity contribution in [2.75, 3.05) is 47.3 Å². The molecule has 3 aliphatic carbocycles. The monoisotopic (exact) mass is 830 g/mol. The van der Waals surface area contributed by atoms with Gasteiger partial charge in [0.05, 0.1) is 4.08 Å². The molecule has 3 aliphatic rings. The van der Waals surface area contributed by atoms with E-state index < -0.39 is 20.1 Å². The molecule has 4 heteroatoms. The maximum absolute atomic E-state index is 3.91. The molecule has 0 N–H and O–H groups in total. The van der Waals surface area contributed by atoms with Crippen molar-refractivity contribution in [2.24, 2.45) is 5.92 Å². The highest BCUT2D eigenvalue weighted by Gasteiger charge is 2.56. The summed E-state index contributed by atoms with van der Waals surface area (Å²) < 4.78 is -0.160. The summed E-state index contributed by atoms with van der Waals surface area (Å²) in [6.07, 6.45) is 36.5. The first kappa shape index (κ1) is 43.2. The smallest absolute Gasteiger partial charge is 0.0818 e. The summed E-state index contributed by atoms with van der Waals surface area (Å²) >= 11 is 0. The summed E-state index contributed by atoms with van der Waals surface area (Å²) in [4.78, 5) is 4.92. The molecule has 5 aromatic carbocycles. The van der Waals surface area contributed by atoms with E-state index in [1.807, 2.05) is 26.0 Å². The van der Waals surface area contributed by atoms with Crippen molar-refractivity contribution >= 4 is 59.7 Å². The average Bonchev–Trinajstić information content (AvgIpc) is 3.56. The van der Waals surface area contributed by atoms with E-state index in [0.29, 0.717) is 5.92 Å². The Morgan fingerprint density at radius 2 is 1.37 bits per heavy atom. The second kappa shape index (κ2) is 17.2. The second-order valence-electron chi connectivity index (χ2n) is 17.8. The van der Waals surface area contributed by atoms with E-state index in [9.17, 15) is 0 Å². The molecule has 0 aromatic heterocycles. The SMILES string of the molecule is C=C/C=C\C=C(\C)N(c1ccccc1)c1ccc2c(c1)C(S(C)(C)C)(S(C)(C)C)c1c-2c2c(c3cc(N(C4=CCCC=C4C)c4ccccc4)ccc13)C=CC(C)C2.CC. The summed E-state index contributed by atoms with van der Waals surface area (Å²) in [6, 6.07) is 36.7. The zero-order valence-corrected chi connectivity index (χ0v) is 39.6. The van der Waals surface area contributed by atoms with Crippen LogP contribution in [0.3, 0.4) is 0 Å². The van der Waals surface area contributed by atoms with Crippen molar-refractivity contribution in [3.8, 4) is 11.1 Å². The summed E-state index contributed by atoms with van der Waals surface area (Å²) in [5, 5.41) is 2.78. The lowest BCUT2D eigenvalue weighted by Gasteiger charge is -2.59. The van der Waals surface area contributed by atoms with E-state index in [-0.39, 0.29) is 4.08 Å². The fourth-order valence-corrected chi connectivity index (χ4v) is 19.6. The minimum Gasteiger partial charge on any atom is -0.315 e. The number of rotatable bonds is 10. The topological polar surface area (TPSA) is 6.48 Å². The van der Waals surface area contributed by atoms with Crippen molar-refractivity contribution in [2.45, 2.75) is 58.0 Å². The molecule has 2 nitrogen and oxygen atoms in total. The number of anilines is 4. The van der Waals surface area contributed by atoms with Gasteiger partial charge in [0.2, 0.25) is 0 Å². The largest absolute Gasteiger partial charge is 0.315 e. The Balaban J connectivity index is 0.00000268. The lowest BCUT2D eigenvalue weighted by molar-refractivity contribution is 0.719. The molecule has 1 atom stereocenters. The van der Waals surface area contributed by atoms with Gasteiger partial charge in [0, 0.05) is 34.1 Å². The number of hydrogen-bond donors (Lipinski definition) is 0. The van der Waals surface area contributed by atoms with E-state index in [1.165, 1.54) is 66.9 Å². The van der Waals surface area contributed by atoms with Crippen LogP contribution in [0.5, 0.6) is 0 Å². The lowest BCUT2D eigenvalue weighted by Crippen LogP contribution is -2.36. The third-order valence-corrected chi connectivity index (χ3v) is 19.6. The molecule has 1 unspecified atom stereocenters. The maximum Gasteiger partial charge on any atom is 0.0818 e. The Kier molecular flexibility index (Phi) is 12.4. The standard InChI is InChI=1S/C54H60N2S2.C2H6/c1-11-12-15-23-40(4)55(41-24-16-13-17-25-41)44-31-34-47-50(37-44)54(57(5,6)7,58(8,9)10)53-46-33-30-43(36-48(46)45-32-29-38(2)35-49(45)52(47)53)56(42-26-18-14-19-27-42)51-28-21-20-22-39(51)3;1-2/h11-19,22-34,36-38H,1,20-21,35H2,2-10H3;1-2H3/b15-12-,40-23-;. The van der Waals surface area contributed by atoms with Crippen LogP contribution in [0.15, 0.2) is 163 Å². The fraction of sp³-hybridized carbons (Fsp3) is 0.286. The summed E-state index contributed by atoms with van der Waals surface area (Å²) in [6.45, 7) is 14.8. The van der Waals surface area contributed by atoms with E-state index >= 15 is 0 Å². The normalized spacial score (nSPS) is 17.4. The van der Waals surface area contributed by atoms with Crippen molar-refractivity contribution < 1.29 is 0 Å². The molecule has 0 radical (unpaired) electrons. The first-order valence-corrected chi connectivity index (χ1v) is 27.3. The predicted octanol–water partition coefficient (Wildman–Crippen LogP) is 16.2. The van der Waals surface area contributed by atoms with E-state index in [0.717, 1.165) is 30.6 Å². The minimum absolute atomic E-state index is 0.160. The van der Waals surface area contributed by atoms with Gasteiger partial charge in [0.1, 0.15) is 0 Å². The van der Waals surface area contributed by atoms with Crippen LogP contribution in [-0.4, -0.2) is 37.5 Å². The van der Waals surface area contributed by atoms with Crippen LogP contribution in [-0.2, 0) is 10.5 Å². The van der Waals surface area contributed by atoms with Crippen LogP contribution < -0.4 is 9.80 Å². The summed E-state index contributed by atoms with van der Waals surface area (Å²) in [5.74, 6) is 0.463. The minimum atomic E-state index is -1.28. The van der Waals surface area contributed by atoms with Crippen LogP contribution in [0.4, 0.5) is 22.7 Å². The Hall–Kier alpha value is -4.90. The molecule has 0 fully saturated rings.